The van der Waals surface area contributed by atoms with Gasteiger partial charge in [0.05, 0.1) is 11.1 Å². The molecule has 1 aromatic carbocycles. The Hall–Kier alpha value is -1.85. The molecule has 1 aliphatic carbocycles. The number of nitrogens with zero attached hydrogens (tertiary/aromatic N) is 2. The number of benzene rings is 1. The Kier molecular flexibility index (Phi) is 4.76. The molecule has 4 rings (SSSR count). The molecule has 0 amide bonds. The third-order valence-corrected chi connectivity index (χ3v) is 7.08. The van der Waals surface area contributed by atoms with Gasteiger partial charge in [-0.2, -0.15) is 0 Å². The second kappa shape index (κ2) is 7.05. The molecule has 1 aliphatic rings. The zero-order chi connectivity index (χ0) is 18.3. The number of hydrogen-bond donors (Lipinski definition) is 0. The minimum Gasteiger partial charge on any atom is -0.268 e. The first-order chi connectivity index (χ1) is 12.5. The van der Waals surface area contributed by atoms with Gasteiger partial charge in [0, 0.05) is 10.6 Å². The third-order valence-electron chi connectivity index (χ3n) is 4.76. The maximum Gasteiger partial charge on any atom is 0.267 e. The van der Waals surface area contributed by atoms with Gasteiger partial charge in [0.25, 0.3) is 5.56 Å². The van der Waals surface area contributed by atoms with Gasteiger partial charge in [0.2, 0.25) is 0 Å². The van der Waals surface area contributed by atoms with E-state index < -0.39 is 0 Å². The van der Waals surface area contributed by atoms with E-state index in [4.69, 9.17) is 4.98 Å². The van der Waals surface area contributed by atoms with Gasteiger partial charge >= 0.3 is 0 Å². The van der Waals surface area contributed by atoms with Gasteiger partial charge < -0.3 is 0 Å². The Morgan fingerprint density at radius 1 is 1.38 bits per heavy atom. The Labute approximate surface area is 161 Å². The van der Waals surface area contributed by atoms with Crippen LogP contribution in [0.15, 0.2) is 52.4 Å². The number of aryl methyl sites for hydroxylation is 1. The molecule has 0 radical (unpaired) electrons. The van der Waals surface area contributed by atoms with Crippen LogP contribution in [0.3, 0.4) is 0 Å². The van der Waals surface area contributed by atoms with Crippen LogP contribution in [0.4, 0.5) is 0 Å². The van der Waals surface area contributed by atoms with E-state index in [-0.39, 0.29) is 5.56 Å². The first kappa shape index (κ1) is 17.6. The zero-order valence-electron chi connectivity index (χ0n) is 15.1. The fourth-order valence-corrected chi connectivity index (χ4v) is 5.74. The van der Waals surface area contributed by atoms with Crippen molar-refractivity contribution in [3.8, 4) is 5.69 Å². The maximum absolute atomic E-state index is 13.5. The summed E-state index contributed by atoms with van der Waals surface area (Å²) in [5.74, 6) is 1.44. The molecule has 0 unspecified atom stereocenters. The maximum atomic E-state index is 13.5. The van der Waals surface area contributed by atoms with Gasteiger partial charge in [-0.05, 0) is 49.8 Å². The lowest BCUT2D eigenvalue weighted by molar-refractivity contribution is 0.509. The van der Waals surface area contributed by atoms with Crippen LogP contribution < -0.4 is 5.56 Å². The molecule has 1 atom stereocenters. The van der Waals surface area contributed by atoms with Gasteiger partial charge in [0.1, 0.15) is 4.83 Å². The van der Waals surface area contributed by atoms with E-state index >= 15 is 0 Å². The molecule has 0 saturated heterocycles. The third kappa shape index (κ3) is 3.14. The molecule has 0 fully saturated rings. The van der Waals surface area contributed by atoms with E-state index in [9.17, 15) is 4.79 Å². The van der Waals surface area contributed by atoms with Crippen LogP contribution in [-0.2, 0) is 12.8 Å². The lowest BCUT2D eigenvalue weighted by atomic mass is 9.89. The summed E-state index contributed by atoms with van der Waals surface area (Å²) < 4.78 is 1.78. The van der Waals surface area contributed by atoms with Crippen molar-refractivity contribution in [2.75, 3.05) is 5.75 Å². The van der Waals surface area contributed by atoms with Crippen molar-refractivity contribution in [2.24, 2.45) is 5.92 Å². The summed E-state index contributed by atoms with van der Waals surface area (Å²) in [4.78, 5) is 20.7. The van der Waals surface area contributed by atoms with Crippen LogP contribution in [0, 0.1) is 5.92 Å². The number of fused-ring (bicyclic) bond motifs is 3. The summed E-state index contributed by atoms with van der Waals surface area (Å²) in [5, 5.41) is 1.59. The highest BCUT2D eigenvalue weighted by molar-refractivity contribution is 7.99. The summed E-state index contributed by atoms with van der Waals surface area (Å²) in [6.07, 6.45) is 3.20. The summed E-state index contributed by atoms with van der Waals surface area (Å²) >= 11 is 3.29. The average molecular weight is 383 g/mol. The lowest BCUT2D eigenvalue weighted by Crippen LogP contribution is -2.22. The normalized spacial score (nSPS) is 16.6. The van der Waals surface area contributed by atoms with Crippen molar-refractivity contribution in [2.45, 2.75) is 38.3 Å². The van der Waals surface area contributed by atoms with Crippen molar-refractivity contribution >= 4 is 33.3 Å². The van der Waals surface area contributed by atoms with Crippen LogP contribution >= 0.6 is 23.1 Å². The number of hydrogen-bond acceptors (Lipinski definition) is 4. The topological polar surface area (TPSA) is 34.9 Å². The molecule has 0 spiro atoms. The molecule has 2 heterocycles. The largest absolute Gasteiger partial charge is 0.268 e. The van der Waals surface area contributed by atoms with E-state index in [0.717, 1.165) is 51.6 Å². The van der Waals surface area contributed by atoms with Crippen molar-refractivity contribution in [3.63, 3.8) is 0 Å². The van der Waals surface area contributed by atoms with Gasteiger partial charge in [-0.25, -0.2) is 4.98 Å². The molecular formula is C21H22N2OS2. The Balaban J connectivity index is 1.96. The van der Waals surface area contributed by atoms with Gasteiger partial charge in [-0.15, -0.1) is 11.3 Å². The van der Waals surface area contributed by atoms with E-state index in [0.29, 0.717) is 5.92 Å². The van der Waals surface area contributed by atoms with Crippen LogP contribution in [0.25, 0.3) is 15.9 Å². The number of aromatic nitrogens is 2. The van der Waals surface area contributed by atoms with Gasteiger partial charge in [-0.3, -0.25) is 9.36 Å². The Bertz CT molecular complexity index is 1030. The first-order valence-electron chi connectivity index (χ1n) is 8.94. The van der Waals surface area contributed by atoms with Crippen molar-refractivity contribution in [1.82, 2.24) is 9.55 Å². The predicted molar refractivity (Wildman–Crippen MR) is 112 cm³/mol. The van der Waals surface area contributed by atoms with Crippen molar-refractivity contribution in [3.05, 3.63) is 63.3 Å². The lowest BCUT2D eigenvalue weighted by Gasteiger charge is -2.17. The first-order valence-corrected chi connectivity index (χ1v) is 10.7. The summed E-state index contributed by atoms with van der Waals surface area (Å²) in [5.41, 5.74) is 3.25. The zero-order valence-corrected chi connectivity index (χ0v) is 16.8. The number of thioether (sulfide) groups is 1. The monoisotopic (exact) mass is 382 g/mol. The highest BCUT2D eigenvalue weighted by atomic mass is 32.2. The summed E-state index contributed by atoms with van der Waals surface area (Å²) in [7, 11) is 0. The van der Waals surface area contributed by atoms with Crippen LogP contribution in [0.2, 0.25) is 0 Å². The van der Waals surface area contributed by atoms with Crippen molar-refractivity contribution < 1.29 is 0 Å². The smallest absolute Gasteiger partial charge is 0.267 e. The predicted octanol–water partition coefficient (Wildman–Crippen LogP) is 5.24. The molecule has 0 saturated carbocycles. The number of para-hydroxylation sites is 1. The number of rotatable bonds is 4. The average Bonchev–Trinajstić information content (AvgIpc) is 2.98. The fourth-order valence-electron chi connectivity index (χ4n) is 3.46. The Morgan fingerprint density at radius 3 is 2.88 bits per heavy atom. The molecule has 26 heavy (non-hydrogen) atoms. The second-order valence-corrected chi connectivity index (χ2v) is 9.17. The molecular weight excluding hydrogens is 360 g/mol. The quantitative estimate of drug-likeness (QED) is 0.352. The SMILES string of the molecule is C=C(C)CSc1nc2sc3c(c2c(=O)n1-c1ccccc1)CC[C@@H](C)C3. The van der Waals surface area contributed by atoms with Crippen LogP contribution in [0.5, 0.6) is 0 Å². The number of thiophene rings is 1. The molecule has 0 N–H and O–H groups in total. The highest BCUT2D eigenvalue weighted by Crippen LogP contribution is 2.37. The van der Waals surface area contributed by atoms with E-state index in [1.54, 1.807) is 27.7 Å². The van der Waals surface area contributed by atoms with E-state index in [1.807, 2.05) is 37.3 Å². The molecule has 0 bridgehead atoms. The second-order valence-electron chi connectivity index (χ2n) is 7.15. The summed E-state index contributed by atoms with van der Waals surface area (Å²) in [6.45, 7) is 8.28. The van der Waals surface area contributed by atoms with E-state index in [2.05, 4.69) is 13.5 Å². The van der Waals surface area contributed by atoms with Crippen LogP contribution in [-0.4, -0.2) is 15.3 Å². The molecule has 5 heteroatoms. The van der Waals surface area contributed by atoms with Gasteiger partial charge in [0.15, 0.2) is 5.16 Å². The molecule has 3 nitrogen and oxygen atoms in total. The molecule has 0 aliphatic heterocycles. The standard InChI is InChI=1S/C21H22N2OS2/c1-13(2)12-25-21-22-19-18(16-10-9-14(3)11-17(16)26-19)20(24)23(21)15-7-5-4-6-8-15/h4-8,14H,1,9-12H2,2-3H3/t14-/m1/s1. The molecule has 2 aromatic heterocycles. The van der Waals surface area contributed by atoms with Crippen molar-refractivity contribution in [1.29, 1.82) is 0 Å². The van der Waals surface area contributed by atoms with Crippen LogP contribution in [0.1, 0.15) is 30.7 Å². The summed E-state index contributed by atoms with van der Waals surface area (Å²) in [6, 6.07) is 9.84. The minimum absolute atomic E-state index is 0.0671. The molecule has 134 valence electrons. The van der Waals surface area contributed by atoms with Gasteiger partial charge in [-0.1, -0.05) is 49.0 Å². The fraction of sp³-hybridized carbons (Fsp3) is 0.333. The highest BCUT2D eigenvalue weighted by Gasteiger charge is 2.25. The Morgan fingerprint density at radius 2 is 2.15 bits per heavy atom. The minimum atomic E-state index is 0.0671. The molecule has 3 aromatic rings. The van der Waals surface area contributed by atoms with E-state index in [1.165, 1.54) is 10.4 Å².